The number of carbonyl (C=O) groups is 1. The molecule has 4 rings (SSSR count). The van der Waals surface area contributed by atoms with Crippen LogP contribution in [0.3, 0.4) is 0 Å². The summed E-state index contributed by atoms with van der Waals surface area (Å²) in [5.41, 5.74) is 0.930. The van der Waals surface area contributed by atoms with Crippen molar-refractivity contribution in [3.05, 3.63) is 69.3 Å². The van der Waals surface area contributed by atoms with Crippen LogP contribution in [0.25, 0.3) is 0 Å². The lowest BCUT2D eigenvalue weighted by molar-refractivity contribution is -0.385. The molecule has 0 aromatic heterocycles. The van der Waals surface area contributed by atoms with E-state index in [9.17, 15) is 23.3 Å². The summed E-state index contributed by atoms with van der Waals surface area (Å²) in [4.78, 5) is 26.3. The summed E-state index contributed by atoms with van der Waals surface area (Å²) in [5, 5.41) is 14.8. The third kappa shape index (κ3) is 3.83. The number of fused-ring (bicyclic) bond motifs is 1. The SMILES string of the molecule is CC(=O)NC1(C)c2cc([N+](=O)[O-])ccc2CCC1(c1ccc(S(C)(=O)=O)cc1)N1CCCC1. The van der Waals surface area contributed by atoms with Gasteiger partial charge in [-0.25, -0.2) is 8.42 Å². The van der Waals surface area contributed by atoms with Gasteiger partial charge >= 0.3 is 0 Å². The van der Waals surface area contributed by atoms with Gasteiger partial charge < -0.3 is 5.32 Å². The van der Waals surface area contributed by atoms with Crippen LogP contribution in [0.1, 0.15) is 49.8 Å². The van der Waals surface area contributed by atoms with Crippen LogP contribution in [0.15, 0.2) is 47.4 Å². The highest BCUT2D eigenvalue weighted by atomic mass is 32.2. The van der Waals surface area contributed by atoms with E-state index in [4.69, 9.17) is 0 Å². The summed E-state index contributed by atoms with van der Waals surface area (Å²) in [5.74, 6) is -0.229. The molecular weight excluding hydrogens is 442 g/mol. The molecule has 0 spiro atoms. The molecule has 1 aliphatic heterocycles. The van der Waals surface area contributed by atoms with E-state index in [1.807, 2.05) is 19.1 Å². The lowest BCUT2D eigenvalue weighted by Gasteiger charge is -2.57. The second-order valence-electron chi connectivity index (χ2n) is 9.26. The van der Waals surface area contributed by atoms with Gasteiger partial charge in [-0.1, -0.05) is 18.2 Å². The molecule has 2 unspecified atom stereocenters. The Kier molecular flexibility index (Phi) is 5.82. The van der Waals surface area contributed by atoms with Crippen LogP contribution in [0.5, 0.6) is 0 Å². The van der Waals surface area contributed by atoms with Gasteiger partial charge in [0, 0.05) is 25.3 Å². The Hall–Kier alpha value is -2.78. The smallest absolute Gasteiger partial charge is 0.269 e. The molecule has 176 valence electrons. The molecule has 0 radical (unpaired) electrons. The Bertz CT molecular complexity index is 1210. The quantitative estimate of drug-likeness (QED) is 0.529. The van der Waals surface area contributed by atoms with Gasteiger partial charge in [0.1, 0.15) is 0 Å². The lowest BCUT2D eigenvalue weighted by Crippen LogP contribution is -2.66. The summed E-state index contributed by atoms with van der Waals surface area (Å²) >= 11 is 0. The number of non-ortho nitro benzene ring substituents is 1. The molecule has 33 heavy (non-hydrogen) atoms. The fourth-order valence-corrected chi connectivity index (χ4v) is 6.47. The molecule has 1 amide bonds. The van der Waals surface area contributed by atoms with E-state index in [0.717, 1.165) is 42.6 Å². The van der Waals surface area contributed by atoms with Crippen LogP contribution in [0.2, 0.25) is 0 Å². The zero-order chi connectivity index (χ0) is 24.0. The first-order chi connectivity index (χ1) is 15.5. The van der Waals surface area contributed by atoms with Crippen molar-refractivity contribution < 1.29 is 18.1 Å². The van der Waals surface area contributed by atoms with Crippen molar-refractivity contribution >= 4 is 21.4 Å². The Morgan fingerprint density at radius 3 is 2.30 bits per heavy atom. The predicted octanol–water partition coefficient (Wildman–Crippen LogP) is 3.29. The van der Waals surface area contributed by atoms with Gasteiger partial charge in [-0.3, -0.25) is 19.8 Å². The van der Waals surface area contributed by atoms with Gasteiger partial charge in [-0.05, 0) is 74.5 Å². The number of likely N-dealkylation sites (tertiary alicyclic amines) is 1. The van der Waals surface area contributed by atoms with Crippen molar-refractivity contribution in [3.8, 4) is 0 Å². The highest BCUT2D eigenvalue weighted by Gasteiger charge is 2.57. The fourth-order valence-electron chi connectivity index (χ4n) is 5.84. The molecule has 2 aliphatic rings. The number of nitro benzene ring substituents is 1. The van der Waals surface area contributed by atoms with E-state index in [1.165, 1.54) is 19.2 Å². The van der Waals surface area contributed by atoms with Crippen molar-refractivity contribution in [2.45, 2.75) is 55.5 Å². The molecule has 9 heteroatoms. The van der Waals surface area contributed by atoms with Gasteiger partial charge in [-0.2, -0.15) is 0 Å². The van der Waals surface area contributed by atoms with Gasteiger partial charge in [0.2, 0.25) is 5.91 Å². The standard InChI is InChI=1S/C24H29N3O5S/c1-17(28)25-23(2)22-16-20(27(29)30)9-6-18(22)12-13-24(23,26-14-4-5-15-26)19-7-10-21(11-8-19)33(3,31)32/h6-11,16H,4-5,12-15H2,1-3H3,(H,25,28). The van der Waals surface area contributed by atoms with Crippen LogP contribution in [-0.2, 0) is 32.1 Å². The first kappa shape index (κ1) is 23.4. The Morgan fingerprint density at radius 2 is 1.76 bits per heavy atom. The molecular formula is C24H29N3O5S. The maximum Gasteiger partial charge on any atom is 0.269 e. The first-order valence-corrected chi connectivity index (χ1v) is 13.0. The van der Waals surface area contributed by atoms with Gasteiger partial charge in [0.25, 0.3) is 5.69 Å². The molecule has 2 aromatic carbocycles. The zero-order valence-corrected chi connectivity index (χ0v) is 19.9. The number of rotatable bonds is 5. The van der Waals surface area contributed by atoms with Gasteiger partial charge in [0.15, 0.2) is 9.84 Å². The Balaban J connectivity index is 2.00. The van der Waals surface area contributed by atoms with Gasteiger partial charge in [-0.15, -0.1) is 0 Å². The summed E-state index contributed by atoms with van der Waals surface area (Å²) in [6, 6.07) is 11.8. The number of amides is 1. The van der Waals surface area contributed by atoms with E-state index in [1.54, 1.807) is 24.3 Å². The van der Waals surface area contributed by atoms with Crippen LogP contribution in [0, 0.1) is 10.1 Å². The summed E-state index contributed by atoms with van der Waals surface area (Å²) in [6.45, 7) is 5.05. The van der Waals surface area contributed by atoms with Crippen molar-refractivity contribution in [2.24, 2.45) is 0 Å². The summed E-state index contributed by atoms with van der Waals surface area (Å²) in [6.07, 6.45) is 4.58. The predicted molar refractivity (Wildman–Crippen MR) is 125 cm³/mol. The largest absolute Gasteiger partial charge is 0.345 e. The summed E-state index contributed by atoms with van der Waals surface area (Å²) in [7, 11) is -3.36. The minimum atomic E-state index is -3.36. The van der Waals surface area contributed by atoms with Crippen molar-refractivity contribution in [1.82, 2.24) is 10.2 Å². The zero-order valence-electron chi connectivity index (χ0n) is 19.1. The molecule has 2 aromatic rings. The molecule has 1 saturated heterocycles. The number of nitrogens with one attached hydrogen (secondary N) is 1. The maximum atomic E-state index is 12.5. The number of carbonyl (C=O) groups excluding carboxylic acids is 1. The van der Waals surface area contributed by atoms with Crippen LogP contribution in [-0.4, -0.2) is 43.5 Å². The molecule has 1 heterocycles. The van der Waals surface area contributed by atoms with E-state index >= 15 is 0 Å². The normalized spacial score (nSPS) is 25.4. The summed E-state index contributed by atoms with van der Waals surface area (Å²) < 4.78 is 24.1. The van der Waals surface area contributed by atoms with Crippen molar-refractivity contribution in [2.75, 3.05) is 19.3 Å². The van der Waals surface area contributed by atoms with Crippen LogP contribution < -0.4 is 5.32 Å². The average Bonchev–Trinajstić information content (AvgIpc) is 3.28. The number of hydrogen-bond donors (Lipinski definition) is 1. The molecule has 1 N–H and O–H groups in total. The topological polar surface area (TPSA) is 110 Å². The molecule has 1 aliphatic carbocycles. The van der Waals surface area contributed by atoms with E-state index < -0.39 is 25.8 Å². The maximum absolute atomic E-state index is 12.5. The monoisotopic (exact) mass is 471 g/mol. The number of benzene rings is 2. The third-order valence-electron chi connectivity index (χ3n) is 7.26. The number of nitro groups is 1. The average molecular weight is 472 g/mol. The van der Waals surface area contributed by atoms with E-state index in [0.29, 0.717) is 12.8 Å². The second kappa shape index (κ2) is 8.22. The highest BCUT2D eigenvalue weighted by Crippen LogP contribution is 2.53. The van der Waals surface area contributed by atoms with Crippen LogP contribution >= 0.6 is 0 Å². The lowest BCUT2D eigenvalue weighted by atomic mass is 9.61. The second-order valence-corrected chi connectivity index (χ2v) is 11.3. The minimum Gasteiger partial charge on any atom is -0.345 e. The first-order valence-electron chi connectivity index (χ1n) is 11.1. The van der Waals surface area contributed by atoms with E-state index in [2.05, 4.69) is 10.2 Å². The highest BCUT2D eigenvalue weighted by molar-refractivity contribution is 7.90. The molecule has 0 bridgehead atoms. The van der Waals surface area contributed by atoms with Crippen molar-refractivity contribution in [1.29, 1.82) is 0 Å². The molecule has 0 saturated carbocycles. The van der Waals surface area contributed by atoms with E-state index in [-0.39, 0.29) is 16.5 Å². The number of aryl methyl sites for hydroxylation is 1. The molecule has 8 nitrogen and oxygen atoms in total. The Labute approximate surface area is 194 Å². The van der Waals surface area contributed by atoms with Crippen molar-refractivity contribution in [3.63, 3.8) is 0 Å². The minimum absolute atomic E-state index is 0.0185. The molecule has 1 fully saturated rings. The molecule has 2 atom stereocenters. The van der Waals surface area contributed by atoms with Crippen LogP contribution in [0.4, 0.5) is 5.69 Å². The number of hydrogen-bond acceptors (Lipinski definition) is 6. The van der Waals surface area contributed by atoms with Gasteiger partial charge in [0.05, 0.1) is 20.9 Å². The number of sulfone groups is 1. The third-order valence-corrected chi connectivity index (χ3v) is 8.39. The fraction of sp³-hybridized carbons (Fsp3) is 0.458. The Morgan fingerprint density at radius 1 is 1.12 bits per heavy atom. The number of nitrogens with zero attached hydrogens (tertiary/aromatic N) is 2.